The summed E-state index contributed by atoms with van der Waals surface area (Å²) >= 11 is 0. The molecular weight excluding hydrogens is 310 g/mol. The van der Waals surface area contributed by atoms with E-state index in [4.69, 9.17) is 0 Å². The maximum absolute atomic E-state index is 12.6. The lowest BCUT2D eigenvalue weighted by atomic mass is 9.95. The summed E-state index contributed by atoms with van der Waals surface area (Å²) in [4.78, 5) is 25.5. The fraction of sp³-hybridized carbons (Fsp3) is 0.562. The van der Waals surface area contributed by atoms with Gasteiger partial charge in [-0.25, -0.2) is 0 Å². The number of nitro groups is 1. The van der Waals surface area contributed by atoms with Gasteiger partial charge in [-0.1, -0.05) is 0 Å². The normalized spacial score (nSPS) is 31.6. The summed E-state index contributed by atoms with van der Waals surface area (Å²) in [6.45, 7) is 0. The number of hydrogen-bond donors (Lipinski definition) is 1. The second-order valence-electron chi connectivity index (χ2n) is 6.84. The molecule has 8 heteroatoms. The Bertz CT molecular complexity index is 722. The number of amides is 1. The van der Waals surface area contributed by atoms with Gasteiger partial charge in [0.25, 0.3) is 11.6 Å². The SMILES string of the molecule is CN1C2CCC1CC(NC(=O)C1=NN=C3CC=C([N+](=O)[O-])C=C31)C2. The first kappa shape index (κ1) is 15.2. The number of nitrogens with one attached hydrogen (secondary N) is 1. The van der Waals surface area contributed by atoms with Crippen molar-refractivity contribution in [3.63, 3.8) is 0 Å². The summed E-state index contributed by atoms with van der Waals surface area (Å²) in [5, 5.41) is 22.0. The number of fused-ring (bicyclic) bond motifs is 3. The number of carbonyl (C=O) groups excluding carboxylic acids is 1. The Morgan fingerprint density at radius 1 is 1.33 bits per heavy atom. The third kappa shape index (κ3) is 2.47. The Kier molecular flexibility index (Phi) is 3.56. The van der Waals surface area contributed by atoms with Crippen LogP contribution in [0.15, 0.2) is 33.6 Å². The van der Waals surface area contributed by atoms with E-state index in [1.54, 1.807) is 0 Å². The minimum absolute atomic E-state index is 0.0105. The standard InChI is InChI=1S/C16H19N5O3/c1-20-10-2-3-11(20)7-9(6-10)17-16(22)15-13-8-12(21(23)24)4-5-14(13)18-19-15/h4,8-11H,2-3,5-7H2,1H3,(H,17,22). The van der Waals surface area contributed by atoms with Crippen molar-refractivity contribution in [2.24, 2.45) is 10.2 Å². The fourth-order valence-corrected chi connectivity index (χ4v) is 4.14. The van der Waals surface area contributed by atoms with Gasteiger partial charge in [0.1, 0.15) is 0 Å². The molecule has 0 radical (unpaired) electrons. The molecule has 4 aliphatic rings. The Morgan fingerprint density at radius 3 is 2.71 bits per heavy atom. The van der Waals surface area contributed by atoms with Crippen LogP contribution in [0.2, 0.25) is 0 Å². The molecule has 2 bridgehead atoms. The second-order valence-corrected chi connectivity index (χ2v) is 6.84. The lowest BCUT2D eigenvalue weighted by Crippen LogP contribution is -2.50. The van der Waals surface area contributed by atoms with Crippen LogP contribution in [0, 0.1) is 10.1 Å². The van der Waals surface area contributed by atoms with Crippen LogP contribution in [0.5, 0.6) is 0 Å². The van der Waals surface area contributed by atoms with E-state index in [9.17, 15) is 14.9 Å². The van der Waals surface area contributed by atoms with Crippen molar-refractivity contribution in [1.29, 1.82) is 0 Å². The summed E-state index contributed by atoms with van der Waals surface area (Å²) in [5.74, 6) is -0.279. The molecule has 4 rings (SSSR count). The van der Waals surface area contributed by atoms with Gasteiger partial charge in [-0.05, 0) is 38.8 Å². The maximum Gasteiger partial charge on any atom is 0.272 e. The lowest BCUT2D eigenvalue weighted by molar-refractivity contribution is -0.419. The van der Waals surface area contributed by atoms with E-state index in [0.717, 1.165) is 12.8 Å². The number of hydrogen-bond acceptors (Lipinski definition) is 6. The Labute approximate surface area is 139 Å². The van der Waals surface area contributed by atoms with E-state index in [1.165, 1.54) is 25.0 Å². The predicted octanol–water partition coefficient (Wildman–Crippen LogP) is 1.03. The Morgan fingerprint density at radius 2 is 2.04 bits per heavy atom. The summed E-state index contributed by atoms with van der Waals surface area (Å²) in [6.07, 6.45) is 7.48. The van der Waals surface area contributed by atoms with Crippen molar-refractivity contribution in [2.45, 2.75) is 50.2 Å². The molecule has 0 aromatic rings. The van der Waals surface area contributed by atoms with E-state index in [0.29, 0.717) is 29.8 Å². The monoisotopic (exact) mass is 329 g/mol. The zero-order chi connectivity index (χ0) is 16.8. The molecule has 2 saturated heterocycles. The molecule has 1 N–H and O–H groups in total. The average Bonchev–Trinajstić information content (AvgIpc) is 3.05. The van der Waals surface area contributed by atoms with Crippen LogP contribution in [0.25, 0.3) is 0 Å². The molecule has 0 saturated carbocycles. The van der Waals surface area contributed by atoms with Crippen molar-refractivity contribution in [1.82, 2.24) is 10.2 Å². The van der Waals surface area contributed by atoms with Crippen molar-refractivity contribution in [3.8, 4) is 0 Å². The van der Waals surface area contributed by atoms with Gasteiger partial charge >= 0.3 is 0 Å². The van der Waals surface area contributed by atoms with Gasteiger partial charge in [-0.2, -0.15) is 5.10 Å². The second kappa shape index (κ2) is 5.62. The summed E-state index contributed by atoms with van der Waals surface area (Å²) in [6, 6.07) is 1.20. The number of nitrogens with zero attached hydrogens (tertiary/aromatic N) is 4. The third-order valence-corrected chi connectivity index (χ3v) is 5.49. The largest absolute Gasteiger partial charge is 0.348 e. The summed E-state index contributed by atoms with van der Waals surface area (Å²) < 4.78 is 0. The van der Waals surface area contributed by atoms with Crippen LogP contribution in [0.1, 0.15) is 32.1 Å². The molecule has 0 aromatic heterocycles. The zero-order valence-corrected chi connectivity index (χ0v) is 13.4. The summed E-state index contributed by atoms with van der Waals surface area (Å²) in [7, 11) is 2.15. The van der Waals surface area contributed by atoms with E-state index < -0.39 is 4.92 Å². The van der Waals surface area contributed by atoms with E-state index in [-0.39, 0.29) is 23.4 Å². The Balaban J connectivity index is 1.46. The first-order chi connectivity index (χ1) is 11.5. The van der Waals surface area contributed by atoms with Crippen LogP contribution in [0.3, 0.4) is 0 Å². The highest BCUT2D eigenvalue weighted by molar-refractivity contribution is 6.53. The Hall–Kier alpha value is -2.35. The van der Waals surface area contributed by atoms with Gasteiger partial charge < -0.3 is 10.2 Å². The van der Waals surface area contributed by atoms with Crippen molar-refractivity contribution >= 4 is 17.3 Å². The minimum atomic E-state index is -0.452. The van der Waals surface area contributed by atoms with E-state index in [2.05, 4.69) is 27.5 Å². The van der Waals surface area contributed by atoms with Crippen LogP contribution in [-0.4, -0.2) is 52.3 Å². The molecule has 24 heavy (non-hydrogen) atoms. The molecule has 2 fully saturated rings. The molecule has 0 aromatic carbocycles. The van der Waals surface area contributed by atoms with Crippen LogP contribution in [0.4, 0.5) is 0 Å². The smallest absolute Gasteiger partial charge is 0.272 e. The zero-order valence-electron chi connectivity index (χ0n) is 13.4. The quantitative estimate of drug-likeness (QED) is 0.617. The van der Waals surface area contributed by atoms with Gasteiger partial charge in [-0.15, -0.1) is 5.10 Å². The number of carbonyl (C=O) groups is 1. The fourth-order valence-electron chi connectivity index (χ4n) is 4.14. The molecule has 1 amide bonds. The van der Waals surface area contributed by atoms with E-state index >= 15 is 0 Å². The number of piperidine rings is 1. The third-order valence-electron chi connectivity index (χ3n) is 5.49. The van der Waals surface area contributed by atoms with Gasteiger partial charge in [0.05, 0.1) is 10.6 Å². The highest BCUT2D eigenvalue weighted by Gasteiger charge is 2.40. The van der Waals surface area contributed by atoms with Gasteiger partial charge in [0.2, 0.25) is 0 Å². The maximum atomic E-state index is 12.6. The van der Waals surface area contributed by atoms with Gasteiger partial charge in [0.15, 0.2) is 5.71 Å². The molecular formula is C16H19N5O3. The average molecular weight is 329 g/mol. The summed E-state index contributed by atoms with van der Waals surface area (Å²) in [5.41, 5.74) is 1.29. The first-order valence-corrected chi connectivity index (χ1v) is 8.27. The van der Waals surface area contributed by atoms with Gasteiger partial charge in [-0.3, -0.25) is 14.9 Å². The van der Waals surface area contributed by atoms with Gasteiger partial charge in [0, 0.05) is 36.2 Å². The topological polar surface area (TPSA) is 100 Å². The molecule has 1 aliphatic carbocycles. The van der Waals surface area contributed by atoms with Crippen LogP contribution < -0.4 is 5.32 Å². The number of allylic oxidation sites excluding steroid dienone is 2. The molecule has 3 heterocycles. The van der Waals surface area contributed by atoms with Crippen LogP contribution in [-0.2, 0) is 4.79 Å². The molecule has 126 valence electrons. The molecule has 0 spiro atoms. The lowest BCUT2D eigenvalue weighted by Gasteiger charge is -2.36. The minimum Gasteiger partial charge on any atom is -0.348 e. The van der Waals surface area contributed by atoms with Crippen molar-refractivity contribution in [2.75, 3.05) is 7.05 Å². The molecule has 3 aliphatic heterocycles. The molecule has 2 unspecified atom stereocenters. The van der Waals surface area contributed by atoms with Crippen molar-refractivity contribution < 1.29 is 9.72 Å². The van der Waals surface area contributed by atoms with Crippen LogP contribution >= 0.6 is 0 Å². The first-order valence-electron chi connectivity index (χ1n) is 8.27. The molecule has 2 atom stereocenters. The molecule has 8 nitrogen and oxygen atoms in total. The van der Waals surface area contributed by atoms with E-state index in [1.807, 2.05) is 0 Å². The van der Waals surface area contributed by atoms with Crippen molar-refractivity contribution in [3.05, 3.63) is 33.5 Å². The highest BCUT2D eigenvalue weighted by atomic mass is 16.6. The highest BCUT2D eigenvalue weighted by Crippen LogP contribution is 2.34. The predicted molar refractivity (Wildman–Crippen MR) is 88.4 cm³/mol. The number of rotatable bonds is 3.